The Morgan fingerprint density at radius 2 is 1.82 bits per heavy atom. The summed E-state index contributed by atoms with van der Waals surface area (Å²) in [5.41, 5.74) is 6.83. The van der Waals surface area contributed by atoms with E-state index in [-0.39, 0.29) is 12.6 Å². The van der Waals surface area contributed by atoms with Crippen molar-refractivity contribution in [1.82, 2.24) is 29.9 Å². The molecule has 0 amide bonds. The van der Waals surface area contributed by atoms with E-state index in [1.807, 2.05) is 36.5 Å². The zero-order valence-electron chi connectivity index (χ0n) is 24.1. The van der Waals surface area contributed by atoms with Crippen LogP contribution in [0.3, 0.4) is 0 Å². The topological polar surface area (TPSA) is 126 Å². The second kappa shape index (κ2) is 11.5. The fourth-order valence-corrected chi connectivity index (χ4v) is 6.37. The molecule has 0 saturated heterocycles. The van der Waals surface area contributed by atoms with Crippen LogP contribution in [-0.4, -0.2) is 45.9 Å². The number of nitrogens with one attached hydrogen (secondary N) is 3. The zero-order valence-corrected chi connectivity index (χ0v) is 24.9. The summed E-state index contributed by atoms with van der Waals surface area (Å²) < 4.78 is 46.5. The molecule has 6 aromatic rings. The summed E-state index contributed by atoms with van der Waals surface area (Å²) in [5.74, 6) is 0.325. The molecule has 224 valence electrons. The number of halogens is 1. The van der Waals surface area contributed by atoms with E-state index >= 15 is 0 Å². The van der Waals surface area contributed by atoms with E-state index in [2.05, 4.69) is 35.9 Å². The Kier molecular flexibility index (Phi) is 7.35. The van der Waals surface area contributed by atoms with Gasteiger partial charge >= 0.3 is 0 Å². The highest BCUT2D eigenvalue weighted by molar-refractivity contribution is 7.88. The Morgan fingerprint density at radius 3 is 2.66 bits per heavy atom. The summed E-state index contributed by atoms with van der Waals surface area (Å²) in [5, 5.41) is 9.46. The number of nitrogens with zero attached hydrogens (tertiary/aromatic N) is 3. The van der Waals surface area contributed by atoms with Gasteiger partial charge in [0.2, 0.25) is 10.0 Å². The largest absolute Gasteiger partial charge is 0.489 e. The number of H-pyrrole nitrogens is 2. The van der Waals surface area contributed by atoms with Crippen LogP contribution in [0.25, 0.3) is 55.6 Å². The highest BCUT2D eigenvalue weighted by atomic mass is 32.2. The lowest BCUT2D eigenvalue weighted by atomic mass is 9.98. The van der Waals surface area contributed by atoms with Crippen LogP contribution in [0.15, 0.2) is 73.2 Å². The van der Waals surface area contributed by atoms with E-state index in [9.17, 15) is 12.8 Å². The van der Waals surface area contributed by atoms with Gasteiger partial charge < -0.3 is 9.72 Å². The molecule has 2 aromatic carbocycles. The van der Waals surface area contributed by atoms with E-state index in [0.717, 1.165) is 69.2 Å². The van der Waals surface area contributed by atoms with Gasteiger partial charge in [-0.25, -0.2) is 22.5 Å². The molecule has 1 aliphatic carbocycles. The van der Waals surface area contributed by atoms with Crippen LogP contribution in [0.1, 0.15) is 37.7 Å². The number of aromatic nitrogens is 5. The van der Waals surface area contributed by atoms with Crippen LogP contribution >= 0.6 is 0 Å². The summed E-state index contributed by atoms with van der Waals surface area (Å²) in [6.45, 7) is -0.0110. The maximum absolute atomic E-state index is 14.6. The Balaban J connectivity index is 1.23. The Labute approximate surface area is 254 Å². The highest BCUT2D eigenvalue weighted by Crippen LogP contribution is 2.35. The van der Waals surface area contributed by atoms with Crippen molar-refractivity contribution in [2.75, 3.05) is 6.26 Å². The monoisotopic (exact) mass is 610 g/mol. The summed E-state index contributed by atoms with van der Waals surface area (Å²) in [6.07, 6.45) is 12.4. The molecule has 1 saturated carbocycles. The van der Waals surface area contributed by atoms with Gasteiger partial charge in [0.05, 0.1) is 29.8 Å². The number of rotatable bonds is 8. The van der Waals surface area contributed by atoms with E-state index in [1.165, 1.54) is 31.4 Å². The van der Waals surface area contributed by atoms with Crippen LogP contribution < -0.4 is 9.46 Å². The minimum absolute atomic E-state index is 0.0110. The van der Waals surface area contributed by atoms with Crippen molar-refractivity contribution in [1.29, 1.82) is 0 Å². The third kappa shape index (κ3) is 5.93. The van der Waals surface area contributed by atoms with Gasteiger partial charge in [0.25, 0.3) is 0 Å². The van der Waals surface area contributed by atoms with Crippen molar-refractivity contribution in [3.05, 3.63) is 84.6 Å². The molecule has 11 heteroatoms. The minimum Gasteiger partial charge on any atom is -0.489 e. The van der Waals surface area contributed by atoms with Crippen LogP contribution in [0, 0.1) is 5.82 Å². The average molecular weight is 611 g/mol. The van der Waals surface area contributed by atoms with Crippen LogP contribution in [0.4, 0.5) is 4.39 Å². The summed E-state index contributed by atoms with van der Waals surface area (Å²) in [7, 11) is -3.42. The molecule has 0 unspecified atom stereocenters. The van der Waals surface area contributed by atoms with Crippen molar-refractivity contribution in [3.8, 4) is 39.4 Å². The van der Waals surface area contributed by atoms with Gasteiger partial charge in [-0.15, -0.1) is 0 Å². The second-order valence-electron chi connectivity index (χ2n) is 11.4. The maximum atomic E-state index is 14.6. The maximum Gasteiger partial charge on any atom is 0.209 e. The fraction of sp³-hybridized carbons (Fsp3) is 0.242. The molecule has 0 radical (unpaired) electrons. The molecule has 0 atom stereocenters. The summed E-state index contributed by atoms with van der Waals surface area (Å²) in [6, 6.07) is 16.5. The predicted molar refractivity (Wildman–Crippen MR) is 169 cm³/mol. The number of sulfonamides is 1. The SMILES string of the molecule is CS(=O)(=O)NCc1cc(F)cc(-c2ccnc3[nH]c(-c4n[nH]c5ccc(-c6cncc(OC7CCCCC7)c6)cc45)cc23)c1. The van der Waals surface area contributed by atoms with Gasteiger partial charge in [0, 0.05) is 35.3 Å². The molecule has 1 aliphatic rings. The molecular formula is C33H31FN6O3S. The first-order valence-corrected chi connectivity index (χ1v) is 16.5. The van der Waals surface area contributed by atoms with Crippen LogP contribution in [0.2, 0.25) is 0 Å². The lowest BCUT2D eigenvalue weighted by molar-refractivity contribution is 0.154. The van der Waals surface area contributed by atoms with Crippen molar-refractivity contribution < 1.29 is 17.5 Å². The smallest absolute Gasteiger partial charge is 0.209 e. The molecule has 0 bridgehead atoms. The van der Waals surface area contributed by atoms with Gasteiger partial charge in [-0.1, -0.05) is 12.5 Å². The summed E-state index contributed by atoms with van der Waals surface area (Å²) >= 11 is 0. The first-order valence-electron chi connectivity index (χ1n) is 14.6. The number of benzene rings is 2. The standard InChI is InChI=1S/C33H31FN6O3S/c1-44(41,42)37-17-20-11-22(13-24(34)12-20)27-9-10-36-33-28(27)16-31(38-33)32-29-15-21(7-8-30(29)39-40-32)23-14-26(19-35-18-23)43-25-5-3-2-4-6-25/h7-16,18-19,25,37H,2-6,17H2,1H3,(H,36,38)(H,39,40). The molecule has 7 rings (SSSR count). The number of hydrogen-bond donors (Lipinski definition) is 3. The van der Waals surface area contributed by atoms with Crippen molar-refractivity contribution >= 4 is 32.0 Å². The number of fused-ring (bicyclic) bond motifs is 2. The molecule has 3 N–H and O–H groups in total. The minimum atomic E-state index is -3.42. The van der Waals surface area contributed by atoms with E-state index in [1.54, 1.807) is 18.5 Å². The Bertz CT molecular complexity index is 2100. The molecule has 4 aromatic heterocycles. The number of ether oxygens (including phenoxy) is 1. The van der Waals surface area contributed by atoms with E-state index in [0.29, 0.717) is 16.8 Å². The molecule has 4 heterocycles. The number of pyridine rings is 2. The van der Waals surface area contributed by atoms with Crippen LogP contribution in [-0.2, 0) is 16.6 Å². The molecule has 0 aliphatic heterocycles. The van der Waals surface area contributed by atoms with Gasteiger partial charge in [-0.2, -0.15) is 5.10 Å². The average Bonchev–Trinajstić information content (AvgIpc) is 3.64. The first kappa shape index (κ1) is 28.2. The summed E-state index contributed by atoms with van der Waals surface area (Å²) in [4.78, 5) is 12.3. The lowest BCUT2D eigenvalue weighted by Gasteiger charge is -2.23. The highest BCUT2D eigenvalue weighted by Gasteiger charge is 2.18. The Hall–Kier alpha value is -4.61. The Morgan fingerprint density at radius 1 is 0.955 bits per heavy atom. The normalized spacial score (nSPS) is 14.4. The van der Waals surface area contributed by atoms with Crippen molar-refractivity contribution in [3.63, 3.8) is 0 Å². The quantitative estimate of drug-likeness (QED) is 0.175. The van der Waals surface area contributed by atoms with E-state index < -0.39 is 15.8 Å². The van der Waals surface area contributed by atoms with Crippen molar-refractivity contribution in [2.45, 2.75) is 44.8 Å². The van der Waals surface area contributed by atoms with Gasteiger partial charge in [0.1, 0.15) is 22.9 Å². The zero-order chi connectivity index (χ0) is 30.3. The second-order valence-corrected chi connectivity index (χ2v) is 13.2. The fourth-order valence-electron chi connectivity index (χ4n) is 5.94. The van der Waals surface area contributed by atoms with Gasteiger partial charge in [-0.05, 0) is 96.5 Å². The third-order valence-electron chi connectivity index (χ3n) is 8.06. The number of aromatic amines is 2. The van der Waals surface area contributed by atoms with Gasteiger partial charge in [-0.3, -0.25) is 10.1 Å². The van der Waals surface area contributed by atoms with Gasteiger partial charge in [0.15, 0.2) is 0 Å². The molecule has 1 fully saturated rings. The van der Waals surface area contributed by atoms with E-state index in [4.69, 9.17) is 4.74 Å². The number of hydrogen-bond acceptors (Lipinski definition) is 6. The molecule has 9 nitrogen and oxygen atoms in total. The molecular weight excluding hydrogens is 579 g/mol. The van der Waals surface area contributed by atoms with Crippen molar-refractivity contribution in [2.24, 2.45) is 0 Å². The molecule has 44 heavy (non-hydrogen) atoms. The third-order valence-corrected chi connectivity index (χ3v) is 8.73. The first-order chi connectivity index (χ1) is 21.3. The van der Waals surface area contributed by atoms with Crippen LogP contribution in [0.5, 0.6) is 5.75 Å². The molecule has 0 spiro atoms. The predicted octanol–water partition coefficient (Wildman–Crippen LogP) is 6.74. The lowest BCUT2D eigenvalue weighted by Crippen LogP contribution is -2.21.